The lowest BCUT2D eigenvalue weighted by Crippen LogP contribution is -2.34. The molecule has 0 aliphatic carbocycles. The van der Waals surface area contributed by atoms with E-state index in [1.54, 1.807) is 18.2 Å². The number of aliphatic hydroxyl groups is 1. The topological polar surface area (TPSA) is 46.2 Å². The Balaban J connectivity index is 2.96. The van der Waals surface area contributed by atoms with Gasteiger partial charge in [0.2, 0.25) is 0 Å². The minimum atomic E-state index is -0.614. The Kier molecular flexibility index (Phi) is 5.09. The molecule has 0 saturated carbocycles. The number of hydrogen-bond acceptors (Lipinski definition) is 2. The van der Waals surface area contributed by atoms with E-state index in [0.717, 1.165) is 0 Å². The fourth-order valence-corrected chi connectivity index (χ4v) is 1.99. The van der Waals surface area contributed by atoms with Crippen molar-refractivity contribution in [3.05, 3.63) is 35.6 Å². The van der Waals surface area contributed by atoms with Gasteiger partial charge >= 0.3 is 0 Å². The van der Waals surface area contributed by atoms with Gasteiger partial charge < -0.3 is 10.8 Å². The maximum atomic E-state index is 13.7. The van der Waals surface area contributed by atoms with Crippen LogP contribution < -0.4 is 5.73 Å². The Labute approximate surface area is 103 Å². The van der Waals surface area contributed by atoms with E-state index in [0.29, 0.717) is 11.5 Å². The van der Waals surface area contributed by atoms with E-state index in [4.69, 9.17) is 5.73 Å². The summed E-state index contributed by atoms with van der Waals surface area (Å²) in [7, 11) is 0. The summed E-state index contributed by atoms with van der Waals surface area (Å²) in [6.45, 7) is 6.31. The first-order valence-corrected chi connectivity index (χ1v) is 6.11. The van der Waals surface area contributed by atoms with Crippen molar-refractivity contribution >= 4 is 0 Å². The van der Waals surface area contributed by atoms with Crippen LogP contribution in [0.1, 0.15) is 32.3 Å². The molecule has 0 saturated heterocycles. The average molecular weight is 239 g/mol. The first kappa shape index (κ1) is 14.1. The summed E-state index contributed by atoms with van der Waals surface area (Å²) in [6, 6.07) is 6.52. The highest BCUT2D eigenvalue weighted by Crippen LogP contribution is 2.28. The zero-order valence-corrected chi connectivity index (χ0v) is 10.7. The van der Waals surface area contributed by atoms with Gasteiger partial charge in [-0.05, 0) is 23.5 Å². The fourth-order valence-electron chi connectivity index (χ4n) is 1.99. The molecule has 2 nitrogen and oxygen atoms in total. The molecule has 0 aliphatic heterocycles. The summed E-state index contributed by atoms with van der Waals surface area (Å²) in [5.41, 5.74) is 6.20. The van der Waals surface area contributed by atoms with Crippen LogP contribution in [0.25, 0.3) is 0 Å². The van der Waals surface area contributed by atoms with Crippen molar-refractivity contribution in [2.75, 3.05) is 6.54 Å². The fraction of sp³-hybridized carbons (Fsp3) is 0.571. The van der Waals surface area contributed by atoms with Crippen molar-refractivity contribution in [1.82, 2.24) is 0 Å². The van der Waals surface area contributed by atoms with Gasteiger partial charge in [-0.2, -0.15) is 0 Å². The lowest BCUT2D eigenvalue weighted by atomic mass is 9.81. The molecule has 0 radical (unpaired) electrons. The van der Waals surface area contributed by atoms with E-state index in [1.807, 2.05) is 20.8 Å². The summed E-state index contributed by atoms with van der Waals surface area (Å²) in [4.78, 5) is 0. The van der Waals surface area contributed by atoms with Crippen molar-refractivity contribution in [1.29, 1.82) is 0 Å². The van der Waals surface area contributed by atoms with Crippen LogP contribution in [0.3, 0.4) is 0 Å². The van der Waals surface area contributed by atoms with Crippen LogP contribution in [0.15, 0.2) is 24.3 Å². The van der Waals surface area contributed by atoms with Gasteiger partial charge in [-0.1, -0.05) is 39.0 Å². The number of hydrogen-bond donors (Lipinski definition) is 2. The van der Waals surface area contributed by atoms with Crippen LogP contribution in [0.2, 0.25) is 0 Å². The van der Waals surface area contributed by atoms with Crippen LogP contribution in [0.4, 0.5) is 4.39 Å². The van der Waals surface area contributed by atoms with E-state index in [1.165, 1.54) is 6.07 Å². The molecule has 3 unspecified atom stereocenters. The Morgan fingerprint density at radius 2 is 1.82 bits per heavy atom. The molecule has 0 aromatic heterocycles. The van der Waals surface area contributed by atoms with Crippen LogP contribution in [-0.4, -0.2) is 17.8 Å². The van der Waals surface area contributed by atoms with Crippen LogP contribution >= 0.6 is 0 Å². The summed E-state index contributed by atoms with van der Waals surface area (Å²) >= 11 is 0. The second-order valence-electron chi connectivity index (χ2n) is 4.96. The first-order chi connectivity index (χ1) is 7.99. The van der Waals surface area contributed by atoms with E-state index < -0.39 is 6.10 Å². The summed E-state index contributed by atoms with van der Waals surface area (Å²) in [5, 5.41) is 10.3. The Morgan fingerprint density at radius 3 is 2.29 bits per heavy atom. The third-order valence-corrected chi connectivity index (χ3v) is 3.56. The molecule has 3 atom stereocenters. The van der Waals surface area contributed by atoms with Gasteiger partial charge in [0.05, 0.1) is 6.10 Å². The van der Waals surface area contributed by atoms with Crippen molar-refractivity contribution in [3.63, 3.8) is 0 Å². The van der Waals surface area contributed by atoms with Gasteiger partial charge in [0, 0.05) is 12.5 Å². The Bertz CT molecular complexity index is 354. The van der Waals surface area contributed by atoms with Crippen molar-refractivity contribution in [3.8, 4) is 0 Å². The molecule has 3 N–H and O–H groups in total. The normalized spacial score (nSPS) is 16.9. The minimum Gasteiger partial charge on any atom is -0.392 e. The quantitative estimate of drug-likeness (QED) is 0.829. The van der Waals surface area contributed by atoms with Crippen molar-refractivity contribution < 1.29 is 9.50 Å². The molecule has 0 heterocycles. The van der Waals surface area contributed by atoms with Gasteiger partial charge in [0.15, 0.2) is 0 Å². The van der Waals surface area contributed by atoms with E-state index >= 15 is 0 Å². The number of nitrogens with two attached hydrogens (primary N) is 1. The molecule has 96 valence electrons. The van der Waals surface area contributed by atoms with E-state index in [9.17, 15) is 9.50 Å². The predicted octanol–water partition coefficient (Wildman–Crippen LogP) is 2.52. The van der Waals surface area contributed by atoms with Crippen LogP contribution in [-0.2, 0) is 0 Å². The SMILES string of the molecule is CC(C)C(C)C(O)C(CN)c1ccccc1F. The molecular formula is C14H22FNO. The lowest BCUT2D eigenvalue weighted by molar-refractivity contribution is 0.0673. The maximum absolute atomic E-state index is 13.7. The highest BCUT2D eigenvalue weighted by atomic mass is 19.1. The van der Waals surface area contributed by atoms with E-state index in [2.05, 4.69) is 0 Å². The third kappa shape index (κ3) is 3.27. The van der Waals surface area contributed by atoms with Gasteiger partial charge in [-0.3, -0.25) is 0 Å². The summed E-state index contributed by atoms with van der Waals surface area (Å²) in [5.74, 6) is -0.208. The minimum absolute atomic E-state index is 0.0863. The van der Waals surface area contributed by atoms with Crippen LogP contribution in [0.5, 0.6) is 0 Å². The number of benzene rings is 1. The van der Waals surface area contributed by atoms with Crippen molar-refractivity contribution in [2.24, 2.45) is 17.6 Å². The molecule has 1 rings (SSSR count). The number of aliphatic hydroxyl groups excluding tert-OH is 1. The van der Waals surface area contributed by atoms with Gasteiger partial charge in [0.25, 0.3) is 0 Å². The second-order valence-corrected chi connectivity index (χ2v) is 4.96. The second kappa shape index (κ2) is 6.12. The predicted molar refractivity (Wildman–Crippen MR) is 68.2 cm³/mol. The summed E-state index contributed by atoms with van der Waals surface area (Å²) < 4.78 is 13.7. The number of rotatable bonds is 5. The molecule has 0 fully saturated rings. The lowest BCUT2D eigenvalue weighted by Gasteiger charge is -2.29. The molecule has 0 aliphatic rings. The molecule has 0 amide bonds. The Morgan fingerprint density at radius 1 is 1.24 bits per heavy atom. The molecule has 0 bridgehead atoms. The molecule has 0 spiro atoms. The van der Waals surface area contributed by atoms with Gasteiger partial charge in [0.1, 0.15) is 5.82 Å². The van der Waals surface area contributed by atoms with E-state index in [-0.39, 0.29) is 24.2 Å². The van der Waals surface area contributed by atoms with Gasteiger partial charge in [-0.15, -0.1) is 0 Å². The highest BCUT2D eigenvalue weighted by Gasteiger charge is 2.28. The van der Waals surface area contributed by atoms with Crippen molar-refractivity contribution in [2.45, 2.75) is 32.8 Å². The smallest absolute Gasteiger partial charge is 0.126 e. The largest absolute Gasteiger partial charge is 0.392 e. The monoisotopic (exact) mass is 239 g/mol. The van der Waals surface area contributed by atoms with Crippen LogP contribution in [0, 0.1) is 17.7 Å². The third-order valence-electron chi connectivity index (χ3n) is 3.56. The maximum Gasteiger partial charge on any atom is 0.126 e. The Hall–Kier alpha value is -0.930. The molecule has 17 heavy (non-hydrogen) atoms. The number of halogens is 1. The molecule has 1 aromatic rings. The highest BCUT2D eigenvalue weighted by molar-refractivity contribution is 5.23. The zero-order chi connectivity index (χ0) is 13.0. The molecule has 1 aromatic carbocycles. The summed E-state index contributed by atoms with van der Waals surface area (Å²) in [6.07, 6.45) is -0.614. The zero-order valence-electron chi connectivity index (χ0n) is 10.7. The molecule has 3 heteroatoms. The standard InChI is InChI=1S/C14H22FNO/c1-9(2)10(3)14(17)12(8-16)11-6-4-5-7-13(11)15/h4-7,9-10,12,14,17H,8,16H2,1-3H3. The molecular weight excluding hydrogens is 217 g/mol. The van der Waals surface area contributed by atoms with Gasteiger partial charge in [-0.25, -0.2) is 4.39 Å². The first-order valence-electron chi connectivity index (χ1n) is 6.11. The average Bonchev–Trinajstić information content (AvgIpc) is 2.31.